The van der Waals surface area contributed by atoms with Gasteiger partial charge in [0.15, 0.2) is 0 Å². The molecular weight excluding hydrogens is 232 g/mol. The third-order valence-corrected chi connectivity index (χ3v) is 3.86. The second-order valence-electron chi connectivity index (χ2n) is 5.36. The van der Waals surface area contributed by atoms with Crippen LogP contribution in [0.5, 0.6) is 0 Å². The number of nitrogens with zero attached hydrogens (tertiary/aromatic N) is 1. The molecule has 1 unspecified atom stereocenters. The minimum atomic E-state index is -0.933. The topological polar surface area (TPSA) is 69.6 Å². The van der Waals surface area contributed by atoms with E-state index in [0.717, 1.165) is 18.8 Å². The number of likely N-dealkylation sites (N-methyl/N-ethyl adjacent to an activating group) is 1. The summed E-state index contributed by atoms with van der Waals surface area (Å²) in [7, 11) is 1.82. The van der Waals surface area contributed by atoms with Crippen LogP contribution in [0.25, 0.3) is 0 Å². The first-order valence-corrected chi connectivity index (χ1v) is 6.63. The van der Waals surface area contributed by atoms with Crippen LogP contribution >= 0.6 is 0 Å². The molecule has 1 aliphatic carbocycles. The zero-order valence-corrected chi connectivity index (χ0v) is 11.5. The summed E-state index contributed by atoms with van der Waals surface area (Å²) < 4.78 is 0. The van der Waals surface area contributed by atoms with Crippen molar-refractivity contribution in [1.82, 2.24) is 10.2 Å². The molecule has 18 heavy (non-hydrogen) atoms. The molecule has 0 aromatic heterocycles. The van der Waals surface area contributed by atoms with Crippen LogP contribution in [0.15, 0.2) is 0 Å². The first-order valence-electron chi connectivity index (χ1n) is 6.63. The molecule has 1 amide bonds. The maximum absolute atomic E-state index is 11.9. The maximum Gasteiger partial charge on any atom is 0.320 e. The Bertz CT molecular complexity index is 299. The molecule has 1 rings (SSSR count). The van der Waals surface area contributed by atoms with E-state index in [1.54, 1.807) is 4.90 Å². The fraction of sp³-hybridized carbons (Fsp3) is 0.846. The van der Waals surface area contributed by atoms with Gasteiger partial charge >= 0.3 is 5.97 Å². The lowest BCUT2D eigenvalue weighted by Gasteiger charge is -2.33. The molecule has 104 valence electrons. The summed E-state index contributed by atoms with van der Waals surface area (Å²) in [6, 6.07) is -0.371. The molecule has 0 aromatic rings. The summed E-state index contributed by atoms with van der Waals surface area (Å²) in [6.07, 6.45) is 4.44. The molecule has 0 aliphatic heterocycles. The van der Waals surface area contributed by atoms with E-state index in [4.69, 9.17) is 5.11 Å². The Morgan fingerprint density at radius 1 is 1.33 bits per heavy atom. The first kappa shape index (κ1) is 15.0. The van der Waals surface area contributed by atoms with Crippen molar-refractivity contribution < 1.29 is 14.7 Å². The van der Waals surface area contributed by atoms with Gasteiger partial charge in [-0.25, -0.2) is 0 Å². The number of aliphatic carboxylic acids is 1. The van der Waals surface area contributed by atoms with Crippen molar-refractivity contribution in [3.05, 3.63) is 0 Å². The van der Waals surface area contributed by atoms with Gasteiger partial charge < -0.3 is 10.0 Å². The molecule has 1 saturated carbocycles. The summed E-state index contributed by atoms with van der Waals surface area (Å²) >= 11 is 0. The van der Waals surface area contributed by atoms with Crippen LogP contribution in [0.1, 0.15) is 39.5 Å². The number of carboxylic acid groups (broad SMARTS) is 1. The zero-order valence-electron chi connectivity index (χ0n) is 11.5. The van der Waals surface area contributed by atoms with Gasteiger partial charge in [0.25, 0.3) is 0 Å². The lowest BCUT2D eigenvalue weighted by Crippen LogP contribution is -2.46. The van der Waals surface area contributed by atoms with Crippen molar-refractivity contribution in [3.8, 4) is 0 Å². The molecule has 0 bridgehead atoms. The largest absolute Gasteiger partial charge is 0.480 e. The van der Waals surface area contributed by atoms with Gasteiger partial charge in [-0.05, 0) is 38.5 Å². The van der Waals surface area contributed by atoms with E-state index in [9.17, 15) is 9.59 Å². The van der Waals surface area contributed by atoms with Crippen LogP contribution in [0.4, 0.5) is 0 Å². The smallest absolute Gasteiger partial charge is 0.320 e. The highest BCUT2D eigenvalue weighted by Crippen LogP contribution is 2.26. The van der Waals surface area contributed by atoms with Gasteiger partial charge in [-0.1, -0.05) is 6.92 Å². The van der Waals surface area contributed by atoms with Crippen LogP contribution in [0.2, 0.25) is 0 Å². The van der Waals surface area contributed by atoms with E-state index >= 15 is 0 Å². The Labute approximate surface area is 109 Å². The molecule has 1 fully saturated rings. The van der Waals surface area contributed by atoms with Crippen molar-refractivity contribution in [3.63, 3.8) is 0 Å². The number of carbonyl (C=O) groups excluding carboxylic acids is 1. The minimum Gasteiger partial charge on any atom is -0.480 e. The minimum absolute atomic E-state index is 0.0253. The predicted molar refractivity (Wildman–Crippen MR) is 69.3 cm³/mol. The average Bonchev–Trinajstić information content (AvgIpc) is 2.35. The Kier molecular flexibility index (Phi) is 5.59. The van der Waals surface area contributed by atoms with Gasteiger partial charge in [-0.15, -0.1) is 0 Å². The van der Waals surface area contributed by atoms with E-state index in [2.05, 4.69) is 12.2 Å². The highest BCUT2D eigenvalue weighted by Gasteiger charge is 2.25. The quantitative estimate of drug-likeness (QED) is 0.772. The number of carbonyl (C=O) groups is 2. The molecule has 0 saturated heterocycles. The molecule has 0 radical (unpaired) electrons. The van der Waals surface area contributed by atoms with Crippen molar-refractivity contribution >= 4 is 11.9 Å². The highest BCUT2D eigenvalue weighted by molar-refractivity contribution is 5.80. The molecule has 5 heteroatoms. The van der Waals surface area contributed by atoms with Gasteiger partial charge in [0.2, 0.25) is 5.91 Å². The Hall–Kier alpha value is -1.10. The highest BCUT2D eigenvalue weighted by atomic mass is 16.4. The van der Waals surface area contributed by atoms with E-state index < -0.39 is 12.0 Å². The lowest BCUT2D eigenvalue weighted by molar-refractivity contribution is -0.139. The van der Waals surface area contributed by atoms with E-state index in [1.807, 2.05) is 7.05 Å². The van der Waals surface area contributed by atoms with E-state index in [-0.39, 0.29) is 12.5 Å². The van der Waals surface area contributed by atoms with Crippen LogP contribution in [0.3, 0.4) is 0 Å². The number of carboxylic acids is 1. The number of rotatable bonds is 5. The Morgan fingerprint density at radius 3 is 2.39 bits per heavy atom. The van der Waals surface area contributed by atoms with Crippen molar-refractivity contribution in [2.75, 3.05) is 13.6 Å². The molecule has 2 N–H and O–H groups in total. The van der Waals surface area contributed by atoms with E-state index in [1.165, 1.54) is 19.8 Å². The summed E-state index contributed by atoms with van der Waals surface area (Å²) in [5.41, 5.74) is 0. The van der Waals surface area contributed by atoms with Crippen LogP contribution in [0, 0.1) is 5.92 Å². The summed E-state index contributed by atoms with van der Waals surface area (Å²) in [5, 5.41) is 11.4. The monoisotopic (exact) mass is 256 g/mol. The third-order valence-electron chi connectivity index (χ3n) is 3.86. The fourth-order valence-electron chi connectivity index (χ4n) is 2.29. The molecule has 1 aliphatic rings. The standard InChI is InChI=1S/C13H24N2O3/c1-9-4-6-11(7-5-9)15(3)12(16)8-14-10(2)13(17)18/h9-11,14H,4-8H2,1-3H3,(H,17,18). The average molecular weight is 256 g/mol. The van der Waals surface area contributed by atoms with Gasteiger partial charge in [0, 0.05) is 13.1 Å². The summed E-state index contributed by atoms with van der Waals surface area (Å²) in [5.74, 6) is -0.200. The van der Waals surface area contributed by atoms with Gasteiger partial charge in [-0.2, -0.15) is 0 Å². The Morgan fingerprint density at radius 2 is 1.89 bits per heavy atom. The predicted octanol–water partition coefficient (Wildman–Crippen LogP) is 1.09. The van der Waals surface area contributed by atoms with Gasteiger partial charge in [-0.3, -0.25) is 14.9 Å². The molecule has 0 spiro atoms. The SMILES string of the molecule is CC1CCC(N(C)C(=O)CNC(C)C(=O)O)CC1. The van der Waals surface area contributed by atoms with Crippen molar-refractivity contribution in [2.24, 2.45) is 5.92 Å². The van der Waals surface area contributed by atoms with Gasteiger partial charge in [0.05, 0.1) is 6.54 Å². The second-order valence-corrected chi connectivity index (χ2v) is 5.36. The van der Waals surface area contributed by atoms with Crippen LogP contribution in [-0.4, -0.2) is 47.6 Å². The molecule has 0 heterocycles. The van der Waals surface area contributed by atoms with Crippen LogP contribution in [-0.2, 0) is 9.59 Å². The maximum atomic E-state index is 11.9. The molecule has 5 nitrogen and oxygen atoms in total. The lowest BCUT2D eigenvalue weighted by atomic mass is 9.87. The normalized spacial score (nSPS) is 25.5. The van der Waals surface area contributed by atoms with E-state index in [0.29, 0.717) is 6.04 Å². The fourth-order valence-corrected chi connectivity index (χ4v) is 2.29. The number of amides is 1. The first-order chi connectivity index (χ1) is 8.41. The Balaban J connectivity index is 2.35. The summed E-state index contributed by atoms with van der Waals surface area (Å²) in [4.78, 5) is 24.3. The van der Waals surface area contributed by atoms with Crippen molar-refractivity contribution in [1.29, 1.82) is 0 Å². The third kappa shape index (κ3) is 4.29. The number of hydrogen-bond acceptors (Lipinski definition) is 3. The van der Waals surface area contributed by atoms with Crippen LogP contribution < -0.4 is 5.32 Å². The van der Waals surface area contributed by atoms with Gasteiger partial charge in [0.1, 0.15) is 6.04 Å². The molecule has 0 aromatic carbocycles. The number of hydrogen-bond donors (Lipinski definition) is 2. The molecule has 1 atom stereocenters. The summed E-state index contributed by atoms with van der Waals surface area (Å²) in [6.45, 7) is 3.88. The zero-order chi connectivity index (χ0) is 13.7. The molecular formula is C13H24N2O3. The van der Waals surface area contributed by atoms with Crippen molar-refractivity contribution in [2.45, 2.75) is 51.6 Å². The number of nitrogens with one attached hydrogen (secondary N) is 1. The second kappa shape index (κ2) is 6.73.